The number of rotatable bonds is 2. The van der Waals surface area contributed by atoms with Crippen molar-refractivity contribution in [3.8, 4) is 17.6 Å². The fourth-order valence-electron chi connectivity index (χ4n) is 1.38. The predicted molar refractivity (Wildman–Crippen MR) is 70.3 cm³/mol. The van der Waals surface area contributed by atoms with Crippen molar-refractivity contribution in [2.24, 2.45) is 0 Å². The first-order valence-corrected chi connectivity index (χ1v) is 6.11. The molecule has 0 aliphatic carbocycles. The summed E-state index contributed by atoms with van der Waals surface area (Å²) in [6.07, 6.45) is 0. The van der Waals surface area contributed by atoms with Crippen LogP contribution in [0.1, 0.15) is 5.56 Å². The first kappa shape index (κ1) is 12.9. The third kappa shape index (κ3) is 2.47. The maximum absolute atomic E-state index is 13.7. The molecular weight excluding hydrogens is 321 g/mol. The fraction of sp³-hybridized carbons (Fsp3) is 0. The van der Waals surface area contributed by atoms with Crippen LogP contribution in [0.25, 0.3) is 0 Å². The van der Waals surface area contributed by atoms with Crippen molar-refractivity contribution in [1.29, 1.82) is 5.26 Å². The summed E-state index contributed by atoms with van der Waals surface area (Å²) in [4.78, 5) is 0. The first-order valence-electron chi connectivity index (χ1n) is 4.94. The lowest BCUT2D eigenvalue weighted by Crippen LogP contribution is -1.92. The highest BCUT2D eigenvalue weighted by Crippen LogP contribution is 2.33. The molecule has 0 aromatic heterocycles. The molecule has 0 spiro atoms. The number of nitrogens with zero attached hydrogens (tertiary/aromatic N) is 1. The van der Waals surface area contributed by atoms with Crippen molar-refractivity contribution in [1.82, 2.24) is 0 Å². The quantitative estimate of drug-likeness (QED) is 0.786. The van der Waals surface area contributed by atoms with E-state index in [0.29, 0.717) is 10.0 Å². The van der Waals surface area contributed by atoms with Gasteiger partial charge in [0.2, 0.25) is 0 Å². The third-order valence-electron chi connectivity index (χ3n) is 2.22. The number of nitriles is 1. The molecule has 0 N–H and O–H groups in total. The van der Waals surface area contributed by atoms with Crippen molar-refractivity contribution in [2.75, 3.05) is 0 Å². The molecule has 0 aliphatic heterocycles. The lowest BCUT2D eigenvalue weighted by Gasteiger charge is -2.09. The Hall–Kier alpha value is -1.57. The van der Waals surface area contributed by atoms with Gasteiger partial charge in [0.15, 0.2) is 11.6 Å². The molecule has 0 atom stereocenters. The van der Waals surface area contributed by atoms with E-state index in [1.165, 1.54) is 12.1 Å². The Labute approximate surface area is 117 Å². The molecular formula is C13H6BrClFNO. The molecule has 0 amide bonds. The largest absolute Gasteiger partial charge is 0.453 e. The van der Waals surface area contributed by atoms with Crippen molar-refractivity contribution in [3.63, 3.8) is 0 Å². The average molecular weight is 327 g/mol. The Balaban J connectivity index is 2.44. The van der Waals surface area contributed by atoms with Crippen molar-refractivity contribution in [2.45, 2.75) is 0 Å². The fourth-order valence-corrected chi connectivity index (χ4v) is 1.98. The van der Waals surface area contributed by atoms with Crippen molar-refractivity contribution >= 4 is 27.5 Å². The van der Waals surface area contributed by atoms with Crippen LogP contribution in [0.3, 0.4) is 0 Å². The Morgan fingerprint density at radius 2 is 1.83 bits per heavy atom. The van der Waals surface area contributed by atoms with Gasteiger partial charge in [-0.3, -0.25) is 0 Å². The van der Waals surface area contributed by atoms with Gasteiger partial charge in [0.1, 0.15) is 17.4 Å². The highest BCUT2D eigenvalue weighted by molar-refractivity contribution is 9.10. The second-order valence-corrected chi connectivity index (χ2v) is 4.64. The number of ether oxygens (including phenoxy) is 1. The second kappa shape index (κ2) is 5.38. The molecule has 0 saturated heterocycles. The highest BCUT2D eigenvalue weighted by Gasteiger charge is 2.12. The molecule has 0 unspecified atom stereocenters. The molecule has 5 heteroatoms. The molecule has 90 valence electrons. The van der Waals surface area contributed by atoms with E-state index in [1.54, 1.807) is 24.3 Å². The standard InChI is InChI=1S/C13H6BrClFNO/c14-9-3-1-5-11(8(9)7-17)18-12-6-2-4-10(15)13(12)16/h1-6H. The van der Waals surface area contributed by atoms with Gasteiger partial charge in [-0.2, -0.15) is 5.26 Å². The summed E-state index contributed by atoms with van der Waals surface area (Å²) in [5.74, 6) is -0.395. The molecule has 2 nitrogen and oxygen atoms in total. The first-order chi connectivity index (χ1) is 8.63. The van der Waals surface area contributed by atoms with Crippen LogP contribution in [-0.2, 0) is 0 Å². The van der Waals surface area contributed by atoms with E-state index >= 15 is 0 Å². The predicted octanol–water partition coefficient (Wildman–Crippen LogP) is 4.91. The Morgan fingerprint density at radius 3 is 2.56 bits per heavy atom. The van der Waals surface area contributed by atoms with Gasteiger partial charge in [0.05, 0.1) is 5.02 Å². The van der Waals surface area contributed by atoms with E-state index in [4.69, 9.17) is 21.6 Å². The molecule has 0 saturated carbocycles. The Kier molecular flexibility index (Phi) is 3.85. The van der Waals surface area contributed by atoms with Crippen molar-refractivity contribution in [3.05, 3.63) is 57.3 Å². The molecule has 2 aromatic rings. The Morgan fingerprint density at radius 1 is 1.17 bits per heavy atom. The van der Waals surface area contributed by atoms with Gasteiger partial charge in [-0.15, -0.1) is 0 Å². The van der Waals surface area contributed by atoms with Crippen LogP contribution in [0.4, 0.5) is 4.39 Å². The molecule has 0 bridgehead atoms. The normalized spacial score (nSPS) is 9.89. The summed E-state index contributed by atoms with van der Waals surface area (Å²) < 4.78 is 19.6. The summed E-state index contributed by atoms with van der Waals surface area (Å²) in [5.41, 5.74) is 0.303. The van der Waals surface area contributed by atoms with Gasteiger partial charge in [-0.05, 0) is 40.2 Å². The molecule has 0 fully saturated rings. The monoisotopic (exact) mass is 325 g/mol. The van der Waals surface area contributed by atoms with Crippen LogP contribution in [-0.4, -0.2) is 0 Å². The van der Waals surface area contributed by atoms with Crippen molar-refractivity contribution < 1.29 is 9.13 Å². The second-order valence-electron chi connectivity index (χ2n) is 3.38. The summed E-state index contributed by atoms with van der Waals surface area (Å²) in [6, 6.07) is 11.4. The van der Waals surface area contributed by atoms with E-state index < -0.39 is 5.82 Å². The smallest absolute Gasteiger partial charge is 0.184 e. The number of hydrogen-bond donors (Lipinski definition) is 0. The van der Waals surface area contributed by atoms with E-state index in [-0.39, 0.29) is 16.5 Å². The minimum Gasteiger partial charge on any atom is -0.453 e. The molecule has 18 heavy (non-hydrogen) atoms. The molecule has 2 rings (SSSR count). The maximum Gasteiger partial charge on any atom is 0.184 e. The number of hydrogen-bond acceptors (Lipinski definition) is 2. The maximum atomic E-state index is 13.7. The van der Waals surface area contributed by atoms with Crippen LogP contribution in [0.2, 0.25) is 5.02 Å². The zero-order chi connectivity index (χ0) is 13.1. The summed E-state index contributed by atoms with van der Waals surface area (Å²) in [6.45, 7) is 0. The third-order valence-corrected chi connectivity index (χ3v) is 3.18. The molecule has 0 aliphatic rings. The summed E-state index contributed by atoms with van der Waals surface area (Å²) in [7, 11) is 0. The summed E-state index contributed by atoms with van der Waals surface area (Å²) >= 11 is 8.89. The zero-order valence-electron chi connectivity index (χ0n) is 8.95. The van der Waals surface area contributed by atoms with Crippen LogP contribution in [0.15, 0.2) is 40.9 Å². The minimum absolute atomic E-state index is 0.0166. The van der Waals surface area contributed by atoms with E-state index in [2.05, 4.69) is 15.9 Å². The van der Waals surface area contributed by atoms with Crippen LogP contribution in [0.5, 0.6) is 11.5 Å². The topological polar surface area (TPSA) is 33.0 Å². The highest BCUT2D eigenvalue weighted by atomic mass is 79.9. The van der Waals surface area contributed by atoms with Crippen LogP contribution < -0.4 is 4.74 Å². The SMILES string of the molecule is N#Cc1c(Br)cccc1Oc1cccc(Cl)c1F. The number of halogens is 3. The van der Waals surface area contributed by atoms with E-state index in [9.17, 15) is 4.39 Å². The molecule has 0 radical (unpaired) electrons. The molecule has 2 aromatic carbocycles. The lowest BCUT2D eigenvalue weighted by molar-refractivity contribution is 0.441. The summed E-state index contributed by atoms with van der Waals surface area (Å²) in [5, 5.41) is 8.99. The van der Waals surface area contributed by atoms with Gasteiger partial charge < -0.3 is 4.74 Å². The van der Waals surface area contributed by atoms with Crippen LogP contribution >= 0.6 is 27.5 Å². The Bertz CT molecular complexity index is 639. The number of benzene rings is 2. The van der Waals surface area contributed by atoms with Gasteiger partial charge in [0.25, 0.3) is 0 Å². The van der Waals surface area contributed by atoms with Gasteiger partial charge in [0, 0.05) is 4.47 Å². The minimum atomic E-state index is -0.650. The van der Waals surface area contributed by atoms with E-state index in [1.807, 2.05) is 6.07 Å². The van der Waals surface area contributed by atoms with Gasteiger partial charge in [-0.25, -0.2) is 4.39 Å². The van der Waals surface area contributed by atoms with E-state index in [0.717, 1.165) is 0 Å². The average Bonchev–Trinajstić information content (AvgIpc) is 2.35. The zero-order valence-corrected chi connectivity index (χ0v) is 11.3. The molecule has 0 heterocycles. The van der Waals surface area contributed by atoms with Gasteiger partial charge >= 0.3 is 0 Å². The van der Waals surface area contributed by atoms with Crippen LogP contribution in [0, 0.1) is 17.1 Å². The lowest BCUT2D eigenvalue weighted by atomic mass is 10.2. The van der Waals surface area contributed by atoms with Gasteiger partial charge in [-0.1, -0.05) is 23.7 Å².